The van der Waals surface area contributed by atoms with Crippen LogP contribution in [0.25, 0.3) is 22.4 Å². The number of imidazole rings is 1. The molecule has 4 rings (SSSR count). The van der Waals surface area contributed by atoms with Crippen LogP contribution in [0.2, 0.25) is 0 Å². The summed E-state index contributed by atoms with van der Waals surface area (Å²) in [6.07, 6.45) is 3.41. The van der Waals surface area contributed by atoms with Gasteiger partial charge in [-0.25, -0.2) is 9.97 Å². The Morgan fingerprint density at radius 2 is 2.30 bits per heavy atom. The molecule has 20 heavy (non-hydrogen) atoms. The molecular weight excluding hydrogens is 320 g/mol. The number of halogens is 1. The predicted octanol–water partition coefficient (Wildman–Crippen LogP) is 2.73. The summed E-state index contributed by atoms with van der Waals surface area (Å²) in [5, 5.41) is 0. The third kappa shape index (κ3) is 1.79. The molecule has 1 aromatic carbocycles. The maximum absolute atomic E-state index is 6.03. The lowest BCUT2D eigenvalue weighted by atomic mass is 10.0. The number of rotatable bonds is 1. The molecule has 1 aliphatic heterocycles. The highest BCUT2D eigenvalue weighted by atomic mass is 79.9. The Hall–Kier alpha value is -1.66. The zero-order valence-electron chi connectivity index (χ0n) is 10.7. The number of nitrogens with two attached hydrogens (primary N) is 1. The van der Waals surface area contributed by atoms with Crippen LogP contribution in [0.5, 0.6) is 0 Å². The molecule has 0 bridgehead atoms. The van der Waals surface area contributed by atoms with Gasteiger partial charge in [0.15, 0.2) is 16.7 Å². The molecule has 0 aliphatic carbocycles. The fraction of sp³-hybridized carbons (Fsp3) is 0.286. The molecule has 1 atom stereocenters. The van der Waals surface area contributed by atoms with Crippen molar-refractivity contribution in [3.63, 3.8) is 0 Å². The van der Waals surface area contributed by atoms with Gasteiger partial charge >= 0.3 is 0 Å². The van der Waals surface area contributed by atoms with Crippen molar-refractivity contribution in [1.82, 2.24) is 14.5 Å². The van der Waals surface area contributed by atoms with Gasteiger partial charge in [0.25, 0.3) is 0 Å². The minimum absolute atomic E-state index is 0.206. The number of nitrogens with zero attached hydrogens (tertiary/aromatic N) is 3. The topological polar surface area (TPSA) is 69.9 Å². The first-order chi connectivity index (χ1) is 9.72. The lowest BCUT2D eigenvalue weighted by molar-refractivity contribution is 0.455. The third-order valence-electron chi connectivity index (χ3n) is 3.80. The maximum Gasteiger partial charge on any atom is 0.181 e. The SMILES string of the molecule is NC1CCc2c(-c3ccc4ncoc4c3)nc(Br)n2C1. The van der Waals surface area contributed by atoms with Crippen LogP contribution in [0.1, 0.15) is 12.1 Å². The van der Waals surface area contributed by atoms with E-state index in [9.17, 15) is 0 Å². The van der Waals surface area contributed by atoms with E-state index in [4.69, 9.17) is 10.2 Å². The van der Waals surface area contributed by atoms with Gasteiger partial charge in [-0.1, -0.05) is 6.07 Å². The van der Waals surface area contributed by atoms with Crippen molar-refractivity contribution in [2.24, 2.45) is 5.73 Å². The summed E-state index contributed by atoms with van der Waals surface area (Å²) < 4.78 is 8.37. The van der Waals surface area contributed by atoms with Gasteiger partial charge in [-0.05, 0) is 40.9 Å². The van der Waals surface area contributed by atoms with E-state index >= 15 is 0 Å². The highest BCUT2D eigenvalue weighted by Gasteiger charge is 2.23. The monoisotopic (exact) mass is 332 g/mol. The normalized spacial score (nSPS) is 18.4. The Kier molecular flexibility index (Phi) is 2.68. The number of benzene rings is 1. The van der Waals surface area contributed by atoms with E-state index in [0.717, 1.165) is 46.5 Å². The maximum atomic E-state index is 6.03. The largest absolute Gasteiger partial charge is 0.443 e. The Morgan fingerprint density at radius 1 is 1.40 bits per heavy atom. The molecule has 1 unspecified atom stereocenters. The van der Waals surface area contributed by atoms with Crippen LogP contribution >= 0.6 is 15.9 Å². The lowest BCUT2D eigenvalue weighted by Gasteiger charge is -2.21. The Morgan fingerprint density at radius 3 is 3.20 bits per heavy atom. The van der Waals surface area contributed by atoms with E-state index in [-0.39, 0.29) is 6.04 Å². The molecule has 102 valence electrons. The zero-order chi connectivity index (χ0) is 13.7. The minimum atomic E-state index is 0.206. The number of oxazole rings is 1. The van der Waals surface area contributed by atoms with Crippen molar-refractivity contribution < 1.29 is 4.42 Å². The quantitative estimate of drug-likeness (QED) is 0.743. The predicted molar refractivity (Wildman–Crippen MR) is 79.2 cm³/mol. The summed E-state index contributed by atoms with van der Waals surface area (Å²) in [7, 11) is 0. The van der Waals surface area contributed by atoms with E-state index in [0.29, 0.717) is 0 Å². The van der Waals surface area contributed by atoms with E-state index in [1.165, 1.54) is 12.1 Å². The number of aromatic nitrogens is 3. The van der Waals surface area contributed by atoms with Gasteiger partial charge in [0, 0.05) is 23.8 Å². The van der Waals surface area contributed by atoms with Gasteiger partial charge in [0.1, 0.15) is 5.52 Å². The standard InChI is InChI=1S/C14H13BrN4O/c15-14-18-13(11-4-2-9(16)6-19(11)14)8-1-3-10-12(5-8)20-7-17-10/h1,3,5,7,9H,2,4,6,16H2. The van der Waals surface area contributed by atoms with Crippen molar-refractivity contribution in [1.29, 1.82) is 0 Å². The van der Waals surface area contributed by atoms with Crippen LogP contribution in [-0.2, 0) is 13.0 Å². The number of hydrogen-bond donors (Lipinski definition) is 1. The highest BCUT2D eigenvalue weighted by Crippen LogP contribution is 2.32. The van der Waals surface area contributed by atoms with Crippen molar-refractivity contribution in [2.45, 2.75) is 25.4 Å². The second-order valence-corrected chi connectivity index (χ2v) is 5.83. The minimum Gasteiger partial charge on any atom is -0.443 e. The van der Waals surface area contributed by atoms with E-state index in [2.05, 4.69) is 30.5 Å². The van der Waals surface area contributed by atoms with Gasteiger partial charge in [-0.2, -0.15) is 0 Å². The van der Waals surface area contributed by atoms with Gasteiger partial charge < -0.3 is 14.7 Å². The summed E-state index contributed by atoms with van der Waals surface area (Å²) in [4.78, 5) is 8.79. The summed E-state index contributed by atoms with van der Waals surface area (Å²) in [6, 6.07) is 6.20. The lowest BCUT2D eigenvalue weighted by Crippen LogP contribution is -2.31. The molecule has 0 saturated carbocycles. The molecule has 0 spiro atoms. The van der Waals surface area contributed by atoms with Crippen LogP contribution in [0.15, 0.2) is 33.7 Å². The average Bonchev–Trinajstić information content (AvgIpc) is 3.03. The molecule has 2 N–H and O–H groups in total. The summed E-state index contributed by atoms with van der Waals surface area (Å²) in [6.45, 7) is 0.813. The first-order valence-electron chi connectivity index (χ1n) is 6.56. The molecule has 5 nitrogen and oxygen atoms in total. The molecular formula is C14H13BrN4O. The second kappa shape index (κ2) is 4.43. The molecule has 0 saturated heterocycles. The van der Waals surface area contributed by atoms with Crippen molar-refractivity contribution >= 4 is 27.0 Å². The van der Waals surface area contributed by atoms with Gasteiger partial charge in [-0.3, -0.25) is 0 Å². The molecule has 0 fully saturated rings. The Balaban J connectivity index is 1.87. The fourth-order valence-corrected chi connectivity index (χ4v) is 3.31. The van der Waals surface area contributed by atoms with Crippen LogP contribution in [-0.4, -0.2) is 20.6 Å². The summed E-state index contributed by atoms with van der Waals surface area (Å²) in [5.74, 6) is 0. The van der Waals surface area contributed by atoms with Crippen molar-refractivity contribution in [3.8, 4) is 11.3 Å². The van der Waals surface area contributed by atoms with Gasteiger partial charge in [0.05, 0.1) is 5.69 Å². The Bertz CT molecular complexity index is 792. The van der Waals surface area contributed by atoms with E-state index in [1.807, 2.05) is 18.2 Å². The van der Waals surface area contributed by atoms with Crippen LogP contribution < -0.4 is 5.73 Å². The summed E-state index contributed by atoms with van der Waals surface area (Å²) >= 11 is 3.53. The number of hydrogen-bond acceptors (Lipinski definition) is 4. The van der Waals surface area contributed by atoms with Crippen LogP contribution in [0.4, 0.5) is 0 Å². The molecule has 0 amide bonds. The third-order valence-corrected chi connectivity index (χ3v) is 4.41. The van der Waals surface area contributed by atoms with E-state index in [1.54, 1.807) is 0 Å². The number of fused-ring (bicyclic) bond motifs is 2. The average molecular weight is 333 g/mol. The molecule has 2 aromatic heterocycles. The summed E-state index contributed by atoms with van der Waals surface area (Å²) in [5.41, 5.74) is 11.0. The highest BCUT2D eigenvalue weighted by molar-refractivity contribution is 9.10. The molecule has 3 aromatic rings. The smallest absolute Gasteiger partial charge is 0.181 e. The van der Waals surface area contributed by atoms with Crippen molar-refractivity contribution in [3.05, 3.63) is 35.0 Å². The van der Waals surface area contributed by atoms with E-state index < -0.39 is 0 Å². The second-order valence-electron chi connectivity index (χ2n) is 5.12. The first kappa shape index (κ1) is 12.1. The van der Waals surface area contributed by atoms with Crippen molar-refractivity contribution in [2.75, 3.05) is 0 Å². The molecule has 0 radical (unpaired) electrons. The van der Waals surface area contributed by atoms with Crippen LogP contribution in [0, 0.1) is 0 Å². The van der Waals surface area contributed by atoms with Gasteiger partial charge in [0.2, 0.25) is 0 Å². The zero-order valence-corrected chi connectivity index (χ0v) is 12.3. The van der Waals surface area contributed by atoms with Gasteiger partial charge in [-0.15, -0.1) is 0 Å². The fourth-order valence-electron chi connectivity index (χ4n) is 2.78. The Labute approximate surface area is 123 Å². The van der Waals surface area contributed by atoms with Crippen LogP contribution in [0.3, 0.4) is 0 Å². The molecule has 6 heteroatoms. The molecule has 3 heterocycles. The molecule has 1 aliphatic rings. The first-order valence-corrected chi connectivity index (χ1v) is 7.36.